The van der Waals surface area contributed by atoms with Crippen molar-refractivity contribution in [2.24, 2.45) is 0 Å². The standard InChI is InChI=1S/C21H26N2O4/c1-14(13-24)15-9-11-16(12-10-15)19(25)22-17-7-5-6-8-18(17)23-20(26)27-21(2,3)4/h5-12,14,24H,13H2,1-4H3,(H,22,25)(H,23,26). The number of carbonyl (C=O) groups excluding carboxylic acids is 2. The van der Waals surface area contributed by atoms with Crippen LogP contribution in [0.1, 0.15) is 49.5 Å². The molecule has 0 spiro atoms. The maximum Gasteiger partial charge on any atom is 0.412 e. The highest BCUT2D eigenvalue weighted by atomic mass is 16.6. The van der Waals surface area contributed by atoms with Crippen LogP contribution in [-0.4, -0.2) is 29.3 Å². The van der Waals surface area contributed by atoms with Gasteiger partial charge in [-0.1, -0.05) is 31.2 Å². The Morgan fingerprint density at radius 3 is 2.07 bits per heavy atom. The Balaban J connectivity index is 2.11. The third-order valence-corrected chi connectivity index (χ3v) is 3.83. The zero-order valence-corrected chi connectivity index (χ0v) is 16.1. The van der Waals surface area contributed by atoms with Gasteiger partial charge in [0.1, 0.15) is 5.60 Å². The van der Waals surface area contributed by atoms with E-state index in [1.165, 1.54) is 0 Å². The van der Waals surface area contributed by atoms with Crippen molar-refractivity contribution in [2.75, 3.05) is 17.2 Å². The summed E-state index contributed by atoms with van der Waals surface area (Å²) in [7, 11) is 0. The van der Waals surface area contributed by atoms with Gasteiger partial charge in [-0.2, -0.15) is 0 Å². The molecule has 0 saturated carbocycles. The molecule has 3 N–H and O–H groups in total. The van der Waals surface area contributed by atoms with Gasteiger partial charge < -0.3 is 15.2 Å². The monoisotopic (exact) mass is 370 g/mol. The van der Waals surface area contributed by atoms with Crippen LogP contribution < -0.4 is 10.6 Å². The lowest BCUT2D eigenvalue weighted by Gasteiger charge is -2.20. The predicted molar refractivity (Wildman–Crippen MR) is 106 cm³/mol. The molecular weight excluding hydrogens is 344 g/mol. The van der Waals surface area contributed by atoms with E-state index in [4.69, 9.17) is 4.74 Å². The summed E-state index contributed by atoms with van der Waals surface area (Å²) in [6, 6.07) is 14.0. The zero-order valence-electron chi connectivity index (χ0n) is 16.1. The first-order valence-electron chi connectivity index (χ1n) is 8.81. The number of hydrogen-bond acceptors (Lipinski definition) is 4. The number of carbonyl (C=O) groups is 2. The van der Waals surface area contributed by atoms with Crippen molar-refractivity contribution in [3.8, 4) is 0 Å². The maximum atomic E-state index is 12.5. The second-order valence-electron chi connectivity index (χ2n) is 7.33. The van der Waals surface area contributed by atoms with Gasteiger partial charge in [0.15, 0.2) is 0 Å². The second kappa shape index (κ2) is 8.68. The number of anilines is 2. The first kappa shape index (κ1) is 20.5. The molecule has 0 heterocycles. The molecule has 6 heteroatoms. The van der Waals surface area contributed by atoms with Crippen LogP contribution in [0.4, 0.5) is 16.2 Å². The Morgan fingerprint density at radius 1 is 1.00 bits per heavy atom. The average molecular weight is 370 g/mol. The van der Waals surface area contributed by atoms with E-state index in [0.717, 1.165) is 5.56 Å². The lowest BCUT2D eigenvalue weighted by Crippen LogP contribution is -2.27. The van der Waals surface area contributed by atoms with Crippen LogP contribution in [0.2, 0.25) is 0 Å². The Labute approximate surface area is 159 Å². The summed E-state index contributed by atoms with van der Waals surface area (Å²) < 4.78 is 5.25. The SMILES string of the molecule is CC(CO)c1ccc(C(=O)Nc2ccccc2NC(=O)OC(C)(C)C)cc1. The van der Waals surface area contributed by atoms with Crippen LogP contribution in [0.3, 0.4) is 0 Å². The van der Waals surface area contributed by atoms with Gasteiger partial charge >= 0.3 is 6.09 Å². The van der Waals surface area contributed by atoms with Gasteiger partial charge in [0.25, 0.3) is 5.91 Å². The molecule has 0 saturated heterocycles. The topological polar surface area (TPSA) is 87.7 Å². The Kier molecular flexibility index (Phi) is 6.58. The summed E-state index contributed by atoms with van der Waals surface area (Å²) in [5.41, 5.74) is 1.75. The molecule has 2 amide bonds. The molecule has 6 nitrogen and oxygen atoms in total. The number of aliphatic hydroxyl groups excluding tert-OH is 1. The Bertz CT molecular complexity index is 795. The molecule has 144 valence electrons. The van der Waals surface area contributed by atoms with Gasteiger partial charge in [-0.15, -0.1) is 0 Å². The predicted octanol–water partition coefficient (Wildman–Crippen LogP) is 4.38. The maximum absolute atomic E-state index is 12.5. The fourth-order valence-corrected chi connectivity index (χ4v) is 2.38. The first-order chi connectivity index (χ1) is 12.7. The summed E-state index contributed by atoms with van der Waals surface area (Å²) in [5, 5.41) is 14.7. The summed E-state index contributed by atoms with van der Waals surface area (Å²) in [4.78, 5) is 24.5. The van der Waals surface area contributed by atoms with Crippen LogP contribution in [0.15, 0.2) is 48.5 Å². The number of benzene rings is 2. The van der Waals surface area contributed by atoms with Crippen molar-refractivity contribution in [1.82, 2.24) is 0 Å². The number of ether oxygens (including phenoxy) is 1. The number of para-hydroxylation sites is 2. The molecule has 0 bridgehead atoms. The van der Waals surface area contributed by atoms with Crippen molar-refractivity contribution in [3.63, 3.8) is 0 Å². The molecule has 2 rings (SSSR count). The molecular formula is C21H26N2O4. The Morgan fingerprint density at radius 2 is 1.56 bits per heavy atom. The minimum atomic E-state index is -0.615. The van der Waals surface area contributed by atoms with E-state index in [-0.39, 0.29) is 18.4 Å². The minimum absolute atomic E-state index is 0.0147. The molecule has 0 aliphatic carbocycles. The quantitative estimate of drug-likeness (QED) is 0.729. The fourth-order valence-electron chi connectivity index (χ4n) is 2.38. The number of nitrogens with one attached hydrogen (secondary N) is 2. The van der Waals surface area contributed by atoms with Crippen molar-refractivity contribution >= 4 is 23.4 Å². The van der Waals surface area contributed by atoms with E-state index in [9.17, 15) is 14.7 Å². The second-order valence-corrected chi connectivity index (χ2v) is 7.33. The van der Waals surface area contributed by atoms with E-state index in [1.54, 1.807) is 57.2 Å². The molecule has 0 aromatic heterocycles. The minimum Gasteiger partial charge on any atom is -0.444 e. The summed E-state index contributed by atoms with van der Waals surface area (Å²) in [5.74, 6) is -0.280. The van der Waals surface area contributed by atoms with Crippen LogP contribution in [0, 0.1) is 0 Å². The van der Waals surface area contributed by atoms with Crippen LogP contribution >= 0.6 is 0 Å². The molecule has 2 aromatic rings. The zero-order chi connectivity index (χ0) is 20.0. The molecule has 27 heavy (non-hydrogen) atoms. The third kappa shape index (κ3) is 6.11. The normalized spacial score (nSPS) is 12.2. The highest BCUT2D eigenvalue weighted by molar-refractivity contribution is 6.06. The smallest absolute Gasteiger partial charge is 0.412 e. The van der Waals surface area contributed by atoms with E-state index >= 15 is 0 Å². The van der Waals surface area contributed by atoms with Crippen molar-refractivity contribution in [3.05, 3.63) is 59.7 Å². The van der Waals surface area contributed by atoms with Crippen LogP contribution in [-0.2, 0) is 4.74 Å². The first-order valence-corrected chi connectivity index (χ1v) is 8.81. The molecule has 0 fully saturated rings. The van der Waals surface area contributed by atoms with E-state index in [1.807, 2.05) is 19.1 Å². The molecule has 1 unspecified atom stereocenters. The van der Waals surface area contributed by atoms with Crippen molar-refractivity contribution in [1.29, 1.82) is 0 Å². The number of aliphatic hydroxyl groups is 1. The fraction of sp³-hybridized carbons (Fsp3) is 0.333. The van der Waals surface area contributed by atoms with Gasteiger partial charge in [0.2, 0.25) is 0 Å². The van der Waals surface area contributed by atoms with Crippen molar-refractivity contribution in [2.45, 2.75) is 39.2 Å². The number of rotatable bonds is 5. The lowest BCUT2D eigenvalue weighted by atomic mass is 10.0. The molecule has 2 aromatic carbocycles. The van der Waals surface area contributed by atoms with Crippen LogP contribution in [0.25, 0.3) is 0 Å². The number of hydrogen-bond donors (Lipinski definition) is 3. The highest BCUT2D eigenvalue weighted by Gasteiger charge is 2.18. The van der Waals surface area contributed by atoms with Gasteiger partial charge in [0.05, 0.1) is 11.4 Å². The summed E-state index contributed by atoms with van der Waals surface area (Å²) in [6.07, 6.45) is -0.591. The Hall–Kier alpha value is -2.86. The van der Waals surface area contributed by atoms with Crippen LogP contribution in [0.5, 0.6) is 0 Å². The van der Waals surface area contributed by atoms with Crippen molar-refractivity contribution < 1.29 is 19.4 Å². The number of amides is 2. The lowest BCUT2D eigenvalue weighted by molar-refractivity contribution is 0.0635. The van der Waals surface area contributed by atoms with E-state index < -0.39 is 11.7 Å². The van der Waals surface area contributed by atoms with Gasteiger partial charge in [-0.05, 0) is 50.6 Å². The molecule has 0 radical (unpaired) electrons. The van der Waals surface area contributed by atoms with Gasteiger partial charge in [-0.3, -0.25) is 10.1 Å². The van der Waals surface area contributed by atoms with E-state index in [0.29, 0.717) is 16.9 Å². The largest absolute Gasteiger partial charge is 0.444 e. The van der Waals surface area contributed by atoms with Gasteiger partial charge in [-0.25, -0.2) is 4.79 Å². The highest BCUT2D eigenvalue weighted by Crippen LogP contribution is 2.23. The third-order valence-electron chi connectivity index (χ3n) is 3.83. The molecule has 0 aliphatic rings. The average Bonchev–Trinajstić information content (AvgIpc) is 2.61. The molecule has 0 aliphatic heterocycles. The van der Waals surface area contributed by atoms with E-state index in [2.05, 4.69) is 10.6 Å². The summed E-state index contributed by atoms with van der Waals surface area (Å²) in [6.45, 7) is 7.30. The molecule has 1 atom stereocenters. The van der Waals surface area contributed by atoms with Gasteiger partial charge in [0, 0.05) is 18.1 Å². The summed E-state index contributed by atoms with van der Waals surface area (Å²) >= 11 is 0.